The Hall–Kier alpha value is -1.29. The maximum Gasteiger partial charge on any atom is 0.128 e. The molecule has 0 spiro atoms. The molecule has 0 bridgehead atoms. The summed E-state index contributed by atoms with van der Waals surface area (Å²) in [5.41, 5.74) is 0.928. The molecular formula is C14H12Cl2FNO. The van der Waals surface area contributed by atoms with Gasteiger partial charge in [-0.15, -0.1) is 0 Å². The van der Waals surface area contributed by atoms with E-state index in [4.69, 9.17) is 23.2 Å². The number of hydrogen-bond donors (Lipinski definition) is 2. The van der Waals surface area contributed by atoms with E-state index in [2.05, 4.69) is 5.32 Å². The Morgan fingerprint density at radius 2 is 1.89 bits per heavy atom. The van der Waals surface area contributed by atoms with E-state index < -0.39 is 11.9 Å². The Kier molecular flexibility index (Phi) is 4.64. The molecule has 2 aromatic carbocycles. The van der Waals surface area contributed by atoms with Crippen LogP contribution in [-0.4, -0.2) is 11.7 Å². The summed E-state index contributed by atoms with van der Waals surface area (Å²) < 4.78 is 13.8. The fraction of sp³-hybridized carbons (Fsp3) is 0.143. The van der Waals surface area contributed by atoms with E-state index in [9.17, 15) is 9.50 Å². The summed E-state index contributed by atoms with van der Waals surface area (Å²) in [6.07, 6.45) is 0. The van der Waals surface area contributed by atoms with Crippen molar-refractivity contribution in [2.45, 2.75) is 6.04 Å². The molecule has 0 amide bonds. The molecule has 0 fully saturated rings. The normalized spacial score (nSPS) is 12.2. The van der Waals surface area contributed by atoms with Crippen LogP contribution in [-0.2, 0) is 0 Å². The Balaban J connectivity index is 2.30. The van der Waals surface area contributed by atoms with Crippen LogP contribution in [0.4, 0.5) is 10.1 Å². The highest BCUT2D eigenvalue weighted by Crippen LogP contribution is 2.28. The zero-order valence-electron chi connectivity index (χ0n) is 9.91. The number of nitrogens with one attached hydrogen (secondary N) is 1. The Labute approximate surface area is 120 Å². The van der Waals surface area contributed by atoms with Gasteiger partial charge in [-0.25, -0.2) is 4.39 Å². The van der Waals surface area contributed by atoms with Gasteiger partial charge in [-0.1, -0.05) is 35.3 Å². The summed E-state index contributed by atoms with van der Waals surface area (Å²) in [6, 6.07) is 10.7. The molecule has 19 heavy (non-hydrogen) atoms. The predicted molar refractivity (Wildman–Crippen MR) is 76.3 cm³/mol. The minimum atomic E-state index is -0.612. The molecule has 0 aliphatic rings. The molecule has 5 heteroatoms. The quantitative estimate of drug-likeness (QED) is 0.883. The lowest BCUT2D eigenvalue weighted by Gasteiger charge is -2.19. The fourth-order valence-corrected chi connectivity index (χ4v) is 2.14. The lowest BCUT2D eigenvalue weighted by Crippen LogP contribution is -2.16. The summed E-state index contributed by atoms with van der Waals surface area (Å²) >= 11 is 11.9. The highest BCUT2D eigenvalue weighted by molar-refractivity contribution is 6.33. The molecule has 2 aromatic rings. The molecular weight excluding hydrogens is 288 g/mol. The SMILES string of the molecule is OCC(Nc1ccccc1Cl)c1cc(Cl)ccc1F. The van der Waals surface area contributed by atoms with Crippen LogP contribution < -0.4 is 5.32 Å². The second kappa shape index (κ2) is 6.24. The van der Waals surface area contributed by atoms with Crippen molar-refractivity contribution in [3.8, 4) is 0 Å². The summed E-state index contributed by atoms with van der Waals surface area (Å²) in [7, 11) is 0. The number of hydrogen-bond acceptors (Lipinski definition) is 2. The largest absolute Gasteiger partial charge is 0.394 e. The van der Waals surface area contributed by atoms with E-state index in [1.807, 2.05) is 0 Å². The highest BCUT2D eigenvalue weighted by Gasteiger charge is 2.16. The van der Waals surface area contributed by atoms with Crippen LogP contribution in [0.5, 0.6) is 0 Å². The number of aliphatic hydroxyl groups excluding tert-OH is 1. The van der Waals surface area contributed by atoms with Crippen molar-refractivity contribution in [2.75, 3.05) is 11.9 Å². The minimum Gasteiger partial charge on any atom is -0.394 e. The highest BCUT2D eigenvalue weighted by atomic mass is 35.5. The standard InChI is InChI=1S/C14H12Cl2FNO/c15-9-5-6-12(17)10(7-9)14(8-19)18-13-4-2-1-3-11(13)16/h1-7,14,18-19H,8H2. The molecule has 2 N–H and O–H groups in total. The first kappa shape index (κ1) is 14.1. The predicted octanol–water partition coefficient (Wildman–Crippen LogP) is 4.28. The number of rotatable bonds is 4. The van der Waals surface area contributed by atoms with E-state index in [0.717, 1.165) is 0 Å². The number of aliphatic hydroxyl groups is 1. The number of halogens is 3. The molecule has 0 heterocycles. The van der Waals surface area contributed by atoms with Crippen molar-refractivity contribution < 1.29 is 9.50 Å². The van der Waals surface area contributed by atoms with Crippen LogP contribution in [0.15, 0.2) is 42.5 Å². The molecule has 1 unspecified atom stereocenters. The van der Waals surface area contributed by atoms with Crippen LogP contribution >= 0.6 is 23.2 Å². The van der Waals surface area contributed by atoms with E-state index in [1.54, 1.807) is 24.3 Å². The zero-order chi connectivity index (χ0) is 13.8. The van der Waals surface area contributed by atoms with Crippen molar-refractivity contribution >= 4 is 28.9 Å². The lowest BCUT2D eigenvalue weighted by molar-refractivity contribution is 0.274. The van der Waals surface area contributed by atoms with Gasteiger partial charge in [-0.2, -0.15) is 0 Å². The molecule has 100 valence electrons. The monoisotopic (exact) mass is 299 g/mol. The first-order valence-electron chi connectivity index (χ1n) is 5.68. The molecule has 2 nitrogen and oxygen atoms in total. The van der Waals surface area contributed by atoms with Crippen molar-refractivity contribution in [1.29, 1.82) is 0 Å². The van der Waals surface area contributed by atoms with Crippen LogP contribution in [0.3, 0.4) is 0 Å². The van der Waals surface area contributed by atoms with E-state index in [-0.39, 0.29) is 6.61 Å². The number of para-hydroxylation sites is 1. The summed E-state index contributed by atoms with van der Waals surface area (Å²) in [6.45, 7) is -0.275. The molecule has 0 saturated heterocycles. The van der Waals surface area contributed by atoms with Gasteiger partial charge in [0.2, 0.25) is 0 Å². The first-order chi connectivity index (χ1) is 9.11. The lowest BCUT2D eigenvalue weighted by atomic mass is 10.1. The van der Waals surface area contributed by atoms with Gasteiger partial charge in [-0.05, 0) is 30.3 Å². The Morgan fingerprint density at radius 3 is 2.58 bits per heavy atom. The van der Waals surface area contributed by atoms with Gasteiger partial charge in [0, 0.05) is 10.6 Å². The van der Waals surface area contributed by atoms with Crippen molar-refractivity contribution in [1.82, 2.24) is 0 Å². The van der Waals surface area contributed by atoms with Crippen molar-refractivity contribution in [2.24, 2.45) is 0 Å². The number of benzene rings is 2. The average molecular weight is 300 g/mol. The number of anilines is 1. The molecule has 1 atom stereocenters. The maximum absolute atomic E-state index is 13.8. The van der Waals surface area contributed by atoms with E-state index in [0.29, 0.717) is 21.3 Å². The van der Waals surface area contributed by atoms with Gasteiger partial charge in [0.05, 0.1) is 23.4 Å². The molecule has 2 rings (SSSR count). The average Bonchev–Trinajstić information content (AvgIpc) is 2.41. The van der Waals surface area contributed by atoms with Gasteiger partial charge in [-0.3, -0.25) is 0 Å². The van der Waals surface area contributed by atoms with Crippen LogP contribution in [0, 0.1) is 5.82 Å². The molecule has 0 aliphatic heterocycles. The second-order valence-electron chi connectivity index (χ2n) is 4.03. The molecule has 0 aromatic heterocycles. The summed E-state index contributed by atoms with van der Waals surface area (Å²) in [5.74, 6) is -0.428. The second-order valence-corrected chi connectivity index (χ2v) is 4.87. The Bertz CT molecular complexity index is 577. The zero-order valence-corrected chi connectivity index (χ0v) is 11.4. The minimum absolute atomic E-state index is 0.275. The van der Waals surface area contributed by atoms with Crippen molar-refractivity contribution in [3.05, 3.63) is 63.9 Å². The fourth-order valence-electron chi connectivity index (χ4n) is 1.77. The van der Waals surface area contributed by atoms with Gasteiger partial charge < -0.3 is 10.4 Å². The van der Waals surface area contributed by atoms with Crippen LogP contribution in [0.2, 0.25) is 10.0 Å². The maximum atomic E-state index is 13.8. The first-order valence-corrected chi connectivity index (χ1v) is 6.44. The van der Waals surface area contributed by atoms with E-state index >= 15 is 0 Å². The third kappa shape index (κ3) is 3.38. The summed E-state index contributed by atoms with van der Waals surface area (Å²) in [4.78, 5) is 0. The van der Waals surface area contributed by atoms with Crippen molar-refractivity contribution in [3.63, 3.8) is 0 Å². The Morgan fingerprint density at radius 1 is 1.16 bits per heavy atom. The van der Waals surface area contributed by atoms with Gasteiger partial charge in [0.1, 0.15) is 5.82 Å². The molecule has 0 saturated carbocycles. The van der Waals surface area contributed by atoms with Gasteiger partial charge in [0.25, 0.3) is 0 Å². The van der Waals surface area contributed by atoms with Crippen LogP contribution in [0.1, 0.15) is 11.6 Å². The third-order valence-corrected chi connectivity index (χ3v) is 3.28. The topological polar surface area (TPSA) is 32.3 Å². The molecule has 0 radical (unpaired) electrons. The third-order valence-electron chi connectivity index (χ3n) is 2.72. The van der Waals surface area contributed by atoms with Crippen LogP contribution in [0.25, 0.3) is 0 Å². The smallest absolute Gasteiger partial charge is 0.128 e. The van der Waals surface area contributed by atoms with E-state index in [1.165, 1.54) is 18.2 Å². The summed E-state index contributed by atoms with van der Waals surface area (Å²) in [5, 5.41) is 13.3. The van der Waals surface area contributed by atoms with Gasteiger partial charge in [0.15, 0.2) is 0 Å². The van der Waals surface area contributed by atoms with Gasteiger partial charge >= 0.3 is 0 Å². The molecule has 0 aliphatic carbocycles.